The minimum Gasteiger partial charge on any atom is -0.396 e. The molecule has 2 heteroatoms. The fraction of sp³-hybridized carbons (Fsp3) is 0.933. The van der Waals surface area contributed by atoms with E-state index in [9.17, 15) is 10.2 Å². The van der Waals surface area contributed by atoms with Gasteiger partial charge in [0.15, 0.2) is 0 Å². The highest BCUT2D eigenvalue weighted by Gasteiger charge is 2.67. The molecule has 0 radical (unpaired) electrons. The van der Waals surface area contributed by atoms with Crippen molar-refractivity contribution in [1.29, 1.82) is 0 Å². The summed E-state index contributed by atoms with van der Waals surface area (Å²) in [4.78, 5) is 0. The first-order chi connectivity index (χ1) is 14.8. The number of fused-ring (bicyclic) bond motifs is 7. The van der Waals surface area contributed by atoms with Gasteiger partial charge in [0.2, 0.25) is 0 Å². The summed E-state index contributed by atoms with van der Waals surface area (Å²) in [6.45, 7) is 17.8. The van der Waals surface area contributed by atoms with Gasteiger partial charge in [0, 0.05) is 12.0 Å². The van der Waals surface area contributed by atoms with Crippen molar-refractivity contribution in [2.45, 2.75) is 119 Å². The van der Waals surface area contributed by atoms with E-state index in [-0.39, 0.29) is 27.8 Å². The number of aliphatic hydroxyl groups is 2. The lowest BCUT2D eigenvalue weighted by molar-refractivity contribution is -0.186. The standard InChI is InChI=1S/C30H50O2/c1-25(2)16-17-30(19-31)15-10-22-28(6)12-8-20-26(3,4)24(32)11-14-27(20,5)21(28)9-13-29(22,7)23(30)18-25/h10,20-21,23-24,31-32H,8-9,11-19H2,1-7H3/t20-,21-,23-,24+,27+,28-,29-,30+/m1/s1. The fourth-order valence-electron chi connectivity index (χ4n) is 10.9. The topological polar surface area (TPSA) is 40.5 Å². The zero-order chi connectivity index (χ0) is 23.4. The fourth-order valence-corrected chi connectivity index (χ4v) is 10.9. The molecule has 0 aliphatic heterocycles. The van der Waals surface area contributed by atoms with Gasteiger partial charge in [-0.3, -0.25) is 0 Å². The number of aliphatic hydroxyl groups excluding tert-OH is 2. The summed E-state index contributed by atoms with van der Waals surface area (Å²) in [5, 5.41) is 21.6. The molecule has 0 bridgehead atoms. The molecule has 0 saturated heterocycles. The van der Waals surface area contributed by atoms with Crippen LogP contribution in [0, 0.1) is 50.2 Å². The first-order valence-corrected chi connectivity index (χ1v) is 13.8. The van der Waals surface area contributed by atoms with E-state index in [2.05, 4.69) is 54.5 Å². The zero-order valence-electron chi connectivity index (χ0n) is 22.1. The number of allylic oxidation sites excluding steroid dienone is 2. The molecule has 182 valence electrons. The third-order valence-corrected chi connectivity index (χ3v) is 12.8. The van der Waals surface area contributed by atoms with Crippen LogP contribution in [-0.4, -0.2) is 22.9 Å². The van der Waals surface area contributed by atoms with Gasteiger partial charge >= 0.3 is 0 Å². The Kier molecular flexibility index (Phi) is 5.02. The Bertz CT molecular complexity index is 810. The third-order valence-electron chi connectivity index (χ3n) is 12.8. The van der Waals surface area contributed by atoms with Crippen molar-refractivity contribution in [2.75, 3.05) is 6.61 Å². The largest absolute Gasteiger partial charge is 0.396 e. The number of rotatable bonds is 1. The molecule has 2 nitrogen and oxygen atoms in total. The van der Waals surface area contributed by atoms with E-state index in [1.165, 1.54) is 51.4 Å². The quantitative estimate of drug-likeness (QED) is 0.424. The maximum absolute atomic E-state index is 10.9. The highest BCUT2D eigenvalue weighted by molar-refractivity contribution is 5.35. The molecule has 0 aromatic heterocycles. The van der Waals surface area contributed by atoms with E-state index in [1.807, 2.05) is 0 Å². The minimum atomic E-state index is -0.151. The van der Waals surface area contributed by atoms with Crippen LogP contribution in [0.3, 0.4) is 0 Å². The van der Waals surface area contributed by atoms with Crippen LogP contribution in [0.5, 0.6) is 0 Å². The molecule has 0 aromatic carbocycles. The van der Waals surface area contributed by atoms with E-state index in [4.69, 9.17) is 0 Å². The molecule has 0 spiro atoms. The Labute approximate surface area is 197 Å². The summed E-state index contributed by atoms with van der Waals surface area (Å²) in [5.74, 6) is 1.95. The van der Waals surface area contributed by atoms with Crippen molar-refractivity contribution in [3.8, 4) is 0 Å². The van der Waals surface area contributed by atoms with Crippen LogP contribution in [0.25, 0.3) is 0 Å². The van der Waals surface area contributed by atoms with Crippen LogP contribution in [0.1, 0.15) is 113 Å². The lowest BCUT2D eigenvalue weighted by atomic mass is 9.34. The van der Waals surface area contributed by atoms with E-state index in [1.54, 1.807) is 5.57 Å². The summed E-state index contributed by atoms with van der Waals surface area (Å²) < 4.78 is 0. The van der Waals surface area contributed by atoms with Crippen LogP contribution in [0.2, 0.25) is 0 Å². The predicted octanol–water partition coefficient (Wildman–Crippen LogP) is 7.14. The Morgan fingerprint density at radius 3 is 2.06 bits per heavy atom. The van der Waals surface area contributed by atoms with Crippen molar-refractivity contribution >= 4 is 0 Å². The van der Waals surface area contributed by atoms with E-state index in [0.717, 1.165) is 18.8 Å². The second-order valence-corrected chi connectivity index (χ2v) is 15.2. The molecule has 5 aliphatic carbocycles. The van der Waals surface area contributed by atoms with Crippen LogP contribution < -0.4 is 0 Å². The summed E-state index contributed by atoms with van der Waals surface area (Å²) in [5.41, 5.74) is 3.13. The summed E-state index contributed by atoms with van der Waals surface area (Å²) in [6.07, 6.45) is 14.6. The summed E-state index contributed by atoms with van der Waals surface area (Å²) >= 11 is 0. The van der Waals surface area contributed by atoms with Gasteiger partial charge in [-0.05, 0) is 109 Å². The Morgan fingerprint density at radius 2 is 1.41 bits per heavy atom. The molecular weight excluding hydrogens is 392 g/mol. The second kappa shape index (κ2) is 6.87. The van der Waals surface area contributed by atoms with E-state index < -0.39 is 0 Å². The molecule has 5 aliphatic rings. The second-order valence-electron chi connectivity index (χ2n) is 15.2. The Hall–Kier alpha value is -0.340. The maximum atomic E-state index is 10.9. The van der Waals surface area contributed by atoms with Gasteiger partial charge in [0.05, 0.1) is 6.10 Å². The van der Waals surface area contributed by atoms with Gasteiger partial charge in [0.1, 0.15) is 0 Å². The average Bonchev–Trinajstić information content (AvgIpc) is 2.71. The molecule has 2 N–H and O–H groups in total. The van der Waals surface area contributed by atoms with Crippen molar-refractivity contribution < 1.29 is 10.2 Å². The van der Waals surface area contributed by atoms with E-state index >= 15 is 0 Å². The first kappa shape index (κ1) is 23.4. The maximum Gasteiger partial charge on any atom is 0.0594 e. The normalized spacial score (nSPS) is 53.8. The van der Waals surface area contributed by atoms with Crippen molar-refractivity contribution in [3.05, 3.63) is 11.6 Å². The van der Waals surface area contributed by atoms with Gasteiger partial charge in [0.25, 0.3) is 0 Å². The molecule has 4 saturated carbocycles. The van der Waals surface area contributed by atoms with E-state index in [0.29, 0.717) is 29.3 Å². The van der Waals surface area contributed by atoms with Crippen molar-refractivity contribution in [2.24, 2.45) is 50.2 Å². The van der Waals surface area contributed by atoms with Gasteiger partial charge in [-0.25, -0.2) is 0 Å². The molecule has 4 fully saturated rings. The lowest BCUT2D eigenvalue weighted by Crippen LogP contribution is -2.63. The van der Waals surface area contributed by atoms with Crippen LogP contribution in [0.4, 0.5) is 0 Å². The molecule has 0 aromatic rings. The summed E-state index contributed by atoms with van der Waals surface area (Å²) in [7, 11) is 0. The van der Waals surface area contributed by atoms with Crippen LogP contribution in [0.15, 0.2) is 11.6 Å². The minimum absolute atomic E-state index is 0.0233. The van der Waals surface area contributed by atoms with Crippen molar-refractivity contribution in [1.82, 2.24) is 0 Å². The summed E-state index contributed by atoms with van der Waals surface area (Å²) in [6, 6.07) is 0. The van der Waals surface area contributed by atoms with Crippen molar-refractivity contribution in [3.63, 3.8) is 0 Å². The molecular formula is C30H50O2. The molecule has 0 amide bonds. The molecule has 5 rings (SSSR count). The van der Waals surface area contributed by atoms with Crippen LogP contribution in [-0.2, 0) is 0 Å². The van der Waals surface area contributed by atoms with Gasteiger partial charge in [-0.2, -0.15) is 0 Å². The van der Waals surface area contributed by atoms with Gasteiger partial charge < -0.3 is 10.2 Å². The third kappa shape index (κ3) is 2.84. The Balaban J connectivity index is 1.57. The molecule has 32 heavy (non-hydrogen) atoms. The highest BCUT2D eigenvalue weighted by atomic mass is 16.3. The highest BCUT2D eigenvalue weighted by Crippen LogP contribution is 2.74. The number of hydrogen-bond donors (Lipinski definition) is 2. The van der Waals surface area contributed by atoms with Crippen LogP contribution >= 0.6 is 0 Å². The van der Waals surface area contributed by atoms with Gasteiger partial charge in [-0.15, -0.1) is 0 Å². The van der Waals surface area contributed by atoms with Gasteiger partial charge in [-0.1, -0.05) is 60.1 Å². The average molecular weight is 443 g/mol. The smallest absolute Gasteiger partial charge is 0.0594 e. The number of hydrogen-bond acceptors (Lipinski definition) is 2. The predicted molar refractivity (Wildman–Crippen MR) is 132 cm³/mol. The molecule has 0 unspecified atom stereocenters. The SMILES string of the molecule is CC1(C)CC[C@]2(CO)CC=C3[C@]4(C)CC[C@@H]5C(C)(C)[C@@H](O)CC[C@]5(C)[C@H]4CC[C@@]3(C)[C@H]2C1. The molecule has 8 atom stereocenters. The molecule has 0 heterocycles. The Morgan fingerprint density at radius 1 is 0.781 bits per heavy atom. The zero-order valence-corrected chi connectivity index (χ0v) is 22.1. The monoisotopic (exact) mass is 442 g/mol. The lowest BCUT2D eigenvalue weighted by Gasteiger charge is -2.70. The first-order valence-electron chi connectivity index (χ1n) is 13.8.